The van der Waals surface area contributed by atoms with Crippen LogP contribution in [0.15, 0.2) is 140 Å². The first-order chi connectivity index (χ1) is 25.3. The summed E-state index contributed by atoms with van der Waals surface area (Å²) in [7, 11) is -1.40. The van der Waals surface area contributed by atoms with Crippen molar-refractivity contribution >= 4 is 13.3 Å². The van der Waals surface area contributed by atoms with Crippen molar-refractivity contribution in [2.24, 2.45) is 0 Å². The number of hydrogen-bond acceptors (Lipinski definition) is 4. The molecule has 5 heteroatoms. The van der Waals surface area contributed by atoms with E-state index in [2.05, 4.69) is 101 Å². The van der Waals surface area contributed by atoms with E-state index in [0.717, 1.165) is 27.8 Å². The third-order valence-corrected chi connectivity index (χ3v) is 17.2. The number of rotatable bonds is 9. The number of aromatic nitrogens is 4. The molecule has 0 bridgehead atoms. The monoisotopic (exact) mass is 692 g/mol. The highest BCUT2D eigenvalue weighted by molar-refractivity contribution is 6.91. The standard InChI is InChI=1S/C47H44N4Si/c1-6-52(7-2,8-3)39-23-19-32(20-24-39)35-21-25-40-41-26-22-36(29-43(41)47(4,5)42(40)28-35)37-27-38(31-48-30-37)46-50-44(33-15-11-9-12-16-33)49-45(51-46)34-17-13-10-14-18-34/h9-31H,6-8H2,1-5H3. The van der Waals surface area contributed by atoms with Gasteiger partial charge in [0.1, 0.15) is 0 Å². The van der Waals surface area contributed by atoms with Gasteiger partial charge in [0.2, 0.25) is 0 Å². The summed E-state index contributed by atoms with van der Waals surface area (Å²) >= 11 is 0. The van der Waals surface area contributed by atoms with Crippen LogP contribution in [0.1, 0.15) is 45.7 Å². The SMILES string of the molecule is CC[Si](CC)(CC)c1ccc(-c2ccc3c(c2)C(C)(C)c2cc(-c4cncc(-c5nc(-c6ccccc6)nc(-c6ccccc6)n5)c4)ccc2-3)cc1. The van der Waals surface area contributed by atoms with Gasteiger partial charge in [-0.1, -0.05) is 167 Å². The number of hydrogen-bond donors (Lipinski definition) is 0. The Kier molecular flexibility index (Phi) is 8.76. The van der Waals surface area contributed by atoms with Crippen LogP contribution in [0, 0.1) is 0 Å². The summed E-state index contributed by atoms with van der Waals surface area (Å²) in [6, 6.07) is 49.7. The van der Waals surface area contributed by atoms with Gasteiger partial charge in [-0.15, -0.1) is 0 Å². The molecule has 8 rings (SSSR count). The maximum Gasteiger partial charge on any atom is 0.165 e. The molecular formula is C47H44N4Si. The first kappa shape index (κ1) is 33.6. The van der Waals surface area contributed by atoms with Crippen molar-refractivity contribution in [1.82, 2.24) is 19.9 Å². The molecule has 0 spiro atoms. The Hall–Kier alpha value is -5.52. The Balaban J connectivity index is 1.13. The van der Waals surface area contributed by atoms with E-state index in [0.29, 0.717) is 17.5 Å². The zero-order chi connectivity index (χ0) is 35.9. The molecule has 0 saturated carbocycles. The van der Waals surface area contributed by atoms with E-state index >= 15 is 0 Å². The van der Waals surface area contributed by atoms with Crippen molar-refractivity contribution < 1.29 is 0 Å². The molecule has 0 atom stereocenters. The fraction of sp³-hybridized carbons (Fsp3) is 0.191. The normalized spacial score (nSPS) is 13.1. The molecule has 0 N–H and O–H groups in total. The molecule has 2 aromatic heterocycles. The highest BCUT2D eigenvalue weighted by Crippen LogP contribution is 2.50. The van der Waals surface area contributed by atoms with E-state index in [4.69, 9.17) is 19.9 Å². The van der Waals surface area contributed by atoms with Gasteiger partial charge in [-0.25, -0.2) is 15.0 Å². The zero-order valence-corrected chi connectivity index (χ0v) is 31.7. The van der Waals surface area contributed by atoms with E-state index in [1.54, 1.807) is 5.19 Å². The van der Waals surface area contributed by atoms with Crippen molar-refractivity contribution in [3.05, 3.63) is 151 Å². The van der Waals surface area contributed by atoms with Gasteiger partial charge in [-0.05, 0) is 57.1 Å². The predicted octanol–water partition coefficient (Wildman–Crippen LogP) is 11.6. The molecule has 4 nitrogen and oxygen atoms in total. The topological polar surface area (TPSA) is 51.6 Å². The molecule has 0 radical (unpaired) electrons. The molecule has 0 saturated heterocycles. The van der Waals surface area contributed by atoms with E-state index in [-0.39, 0.29) is 5.41 Å². The van der Waals surface area contributed by atoms with E-state index in [1.165, 1.54) is 51.5 Å². The highest BCUT2D eigenvalue weighted by Gasteiger charge is 2.36. The lowest BCUT2D eigenvalue weighted by Crippen LogP contribution is -2.45. The Bertz CT molecular complexity index is 2310. The van der Waals surface area contributed by atoms with Crippen LogP contribution in [0.2, 0.25) is 18.1 Å². The van der Waals surface area contributed by atoms with Crippen LogP contribution in [0.3, 0.4) is 0 Å². The summed E-state index contributed by atoms with van der Waals surface area (Å²) in [6.45, 7) is 11.8. The quantitative estimate of drug-likeness (QED) is 0.141. The molecule has 0 fully saturated rings. The lowest BCUT2D eigenvalue weighted by atomic mass is 9.81. The van der Waals surface area contributed by atoms with Crippen molar-refractivity contribution in [2.75, 3.05) is 0 Å². The Morgan fingerprint density at radius 1 is 0.442 bits per heavy atom. The molecule has 2 heterocycles. The van der Waals surface area contributed by atoms with Gasteiger partial charge in [0.05, 0.1) is 8.07 Å². The maximum atomic E-state index is 4.94. The van der Waals surface area contributed by atoms with Gasteiger partial charge in [0.25, 0.3) is 0 Å². The second kappa shape index (κ2) is 13.6. The smallest absolute Gasteiger partial charge is 0.165 e. The predicted molar refractivity (Wildman–Crippen MR) is 219 cm³/mol. The summed E-state index contributed by atoms with van der Waals surface area (Å²) in [4.78, 5) is 19.4. The van der Waals surface area contributed by atoms with Crippen LogP contribution in [-0.4, -0.2) is 28.0 Å². The highest BCUT2D eigenvalue weighted by atomic mass is 28.3. The van der Waals surface area contributed by atoms with Crippen molar-refractivity contribution in [1.29, 1.82) is 0 Å². The van der Waals surface area contributed by atoms with Crippen LogP contribution in [0.5, 0.6) is 0 Å². The summed E-state index contributed by atoms with van der Waals surface area (Å²) in [6.07, 6.45) is 3.78. The van der Waals surface area contributed by atoms with Gasteiger partial charge in [-0.2, -0.15) is 0 Å². The lowest BCUT2D eigenvalue weighted by molar-refractivity contribution is 0.661. The minimum atomic E-state index is -1.40. The second-order valence-corrected chi connectivity index (χ2v) is 19.8. The molecule has 0 unspecified atom stereocenters. The lowest BCUT2D eigenvalue weighted by Gasteiger charge is -2.28. The van der Waals surface area contributed by atoms with E-state index in [9.17, 15) is 0 Å². The van der Waals surface area contributed by atoms with Crippen LogP contribution in [0.25, 0.3) is 67.5 Å². The van der Waals surface area contributed by atoms with Crippen molar-refractivity contribution in [3.8, 4) is 67.5 Å². The third kappa shape index (κ3) is 5.89. The Morgan fingerprint density at radius 2 is 0.885 bits per heavy atom. The molecule has 52 heavy (non-hydrogen) atoms. The van der Waals surface area contributed by atoms with Gasteiger partial charge in [0.15, 0.2) is 17.5 Å². The number of pyridine rings is 1. The molecule has 7 aromatic rings. The van der Waals surface area contributed by atoms with Gasteiger partial charge < -0.3 is 0 Å². The zero-order valence-electron chi connectivity index (χ0n) is 30.7. The first-order valence-electron chi connectivity index (χ1n) is 18.6. The summed E-state index contributed by atoms with van der Waals surface area (Å²) < 4.78 is 0. The van der Waals surface area contributed by atoms with Crippen molar-refractivity contribution in [3.63, 3.8) is 0 Å². The molecule has 5 aromatic carbocycles. The van der Waals surface area contributed by atoms with Crippen molar-refractivity contribution in [2.45, 2.75) is 58.2 Å². The fourth-order valence-corrected chi connectivity index (χ4v) is 11.7. The molecule has 0 aliphatic heterocycles. The third-order valence-electron chi connectivity index (χ3n) is 11.6. The molecule has 0 amide bonds. The van der Waals surface area contributed by atoms with Gasteiger partial charge in [0, 0.05) is 40.1 Å². The minimum absolute atomic E-state index is 0.153. The largest absolute Gasteiger partial charge is 0.263 e. The minimum Gasteiger partial charge on any atom is -0.263 e. The molecular weight excluding hydrogens is 649 g/mol. The second-order valence-electron chi connectivity index (χ2n) is 14.6. The van der Waals surface area contributed by atoms with E-state index in [1.807, 2.05) is 73.1 Å². The number of nitrogens with zero attached hydrogens (tertiary/aromatic N) is 4. The van der Waals surface area contributed by atoms with Crippen LogP contribution in [0.4, 0.5) is 0 Å². The van der Waals surface area contributed by atoms with Gasteiger partial charge >= 0.3 is 0 Å². The number of fused-ring (bicyclic) bond motifs is 3. The van der Waals surface area contributed by atoms with Crippen LogP contribution in [-0.2, 0) is 5.41 Å². The Morgan fingerprint density at radius 3 is 1.38 bits per heavy atom. The first-order valence-corrected chi connectivity index (χ1v) is 21.2. The van der Waals surface area contributed by atoms with E-state index < -0.39 is 8.07 Å². The average molecular weight is 693 g/mol. The summed E-state index contributed by atoms with van der Waals surface area (Å²) in [5.74, 6) is 1.88. The number of benzene rings is 5. The molecule has 1 aliphatic carbocycles. The molecule has 1 aliphatic rings. The summed E-state index contributed by atoms with van der Waals surface area (Å²) in [5.41, 5.74) is 12.6. The Labute approximate surface area is 308 Å². The van der Waals surface area contributed by atoms with Crippen LogP contribution < -0.4 is 5.19 Å². The summed E-state index contributed by atoms with van der Waals surface area (Å²) in [5, 5.41) is 1.59. The molecule has 256 valence electrons. The fourth-order valence-electron chi connectivity index (χ4n) is 8.13. The van der Waals surface area contributed by atoms with Crippen LogP contribution >= 0.6 is 0 Å². The average Bonchev–Trinajstić information content (AvgIpc) is 3.44. The maximum absolute atomic E-state index is 4.94. The van der Waals surface area contributed by atoms with Gasteiger partial charge in [-0.3, -0.25) is 4.98 Å².